The molecule has 96 valence electrons. The Morgan fingerprint density at radius 3 is 2.71 bits per heavy atom. The molecule has 1 aromatic carbocycles. The maximum absolute atomic E-state index is 13.2. The van der Waals surface area contributed by atoms with Crippen molar-refractivity contribution in [2.45, 2.75) is 33.0 Å². The first kappa shape index (κ1) is 13.9. The summed E-state index contributed by atoms with van der Waals surface area (Å²) in [6.45, 7) is 6.16. The van der Waals surface area contributed by atoms with Gasteiger partial charge in [0.1, 0.15) is 5.82 Å². The van der Waals surface area contributed by atoms with Gasteiger partial charge in [-0.25, -0.2) is 4.39 Å². The van der Waals surface area contributed by atoms with Crippen LogP contribution in [-0.2, 0) is 4.74 Å². The second kappa shape index (κ2) is 6.57. The molecule has 0 aliphatic rings. The summed E-state index contributed by atoms with van der Waals surface area (Å²) >= 11 is 0. The molecule has 1 unspecified atom stereocenters. The maximum Gasteiger partial charge on any atom is 0.128 e. The highest BCUT2D eigenvalue weighted by atomic mass is 19.1. The maximum atomic E-state index is 13.2. The molecule has 0 aliphatic heterocycles. The number of nitrogens with one attached hydrogen (secondary N) is 1. The topological polar surface area (TPSA) is 41.5 Å². The molecule has 1 rings (SSSR count). The van der Waals surface area contributed by atoms with E-state index < -0.39 is 6.10 Å². The Hall–Kier alpha value is -1.13. The Balaban J connectivity index is 2.36. The molecule has 4 heteroatoms. The second-order valence-corrected chi connectivity index (χ2v) is 4.38. The van der Waals surface area contributed by atoms with E-state index in [2.05, 4.69) is 5.32 Å². The molecule has 2 N–H and O–H groups in total. The van der Waals surface area contributed by atoms with Gasteiger partial charge in [0.25, 0.3) is 0 Å². The van der Waals surface area contributed by atoms with E-state index in [1.54, 1.807) is 19.1 Å². The molecule has 0 saturated carbocycles. The van der Waals surface area contributed by atoms with Crippen LogP contribution in [0.25, 0.3) is 0 Å². The molecule has 0 aromatic heterocycles. The number of hydrogen-bond acceptors (Lipinski definition) is 3. The van der Waals surface area contributed by atoms with Gasteiger partial charge in [0.05, 0.1) is 18.8 Å². The number of hydrogen-bond donors (Lipinski definition) is 2. The molecular weight excluding hydrogens is 221 g/mol. The second-order valence-electron chi connectivity index (χ2n) is 4.38. The van der Waals surface area contributed by atoms with Crippen LogP contribution in [0.2, 0.25) is 0 Å². The number of aryl methyl sites for hydroxylation is 1. The van der Waals surface area contributed by atoms with Crippen LogP contribution in [0.15, 0.2) is 18.2 Å². The lowest BCUT2D eigenvalue weighted by molar-refractivity contribution is 0.0112. The van der Waals surface area contributed by atoms with Crippen LogP contribution in [0.4, 0.5) is 10.1 Å². The number of benzene rings is 1. The van der Waals surface area contributed by atoms with Gasteiger partial charge in [0.2, 0.25) is 0 Å². The molecule has 1 aromatic rings. The lowest BCUT2D eigenvalue weighted by Crippen LogP contribution is -2.26. The van der Waals surface area contributed by atoms with Crippen LogP contribution in [0, 0.1) is 12.7 Å². The molecular formula is C13H20FNO2. The molecule has 0 spiro atoms. The highest BCUT2D eigenvalue weighted by molar-refractivity contribution is 5.45. The average molecular weight is 241 g/mol. The minimum atomic E-state index is -0.596. The normalized spacial score (nSPS) is 12.8. The third-order valence-corrected chi connectivity index (χ3v) is 2.34. The Bertz CT molecular complexity index is 355. The van der Waals surface area contributed by atoms with Gasteiger partial charge in [0.15, 0.2) is 0 Å². The summed E-state index contributed by atoms with van der Waals surface area (Å²) in [5.74, 6) is -0.247. The van der Waals surface area contributed by atoms with Crippen molar-refractivity contribution >= 4 is 5.69 Å². The standard InChI is InChI=1S/C13H20FNO2/c1-9(2)17-8-12(16)7-15-11-5-4-10(3)13(14)6-11/h4-6,9,12,15-16H,7-8H2,1-3H3. The molecule has 0 fully saturated rings. The molecule has 0 aliphatic carbocycles. The van der Waals surface area contributed by atoms with Gasteiger partial charge >= 0.3 is 0 Å². The zero-order chi connectivity index (χ0) is 12.8. The van der Waals surface area contributed by atoms with Crippen molar-refractivity contribution in [3.63, 3.8) is 0 Å². The lowest BCUT2D eigenvalue weighted by Gasteiger charge is -2.15. The minimum Gasteiger partial charge on any atom is -0.389 e. The van der Waals surface area contributed by atoms with Crippen LogP contribution in [0.5, 0.6) is 0 Å². The lowest BCUT2D eigenvalue weighted by atomic mass is 10.2. The third kappa shape index (κ3) is 5.15. The molecule has 0 bridgehead atoms. The van der Waals surface area contributed by atoms with Gasteiger partial charge in [-0.15, -0.1) is 0 Å². The summed E-state index contributed by atoms with van der Waals surface area (Å²) in [7, 11) is 0. The number of aliphatic hydroxyl groups excluding tert-OH is 1. The van der Waals surface area contributed by atoms with E-state index in [0.29, 0.717) is 17.8 Å². The first-order valence-electron chi connectivity index (χ1n) is 5.78. The van der Waals surface area contributed by atoms with Crippen molar-refractivity contribution < 1.29 is 14.2 Å². The van der Waals surface area contributed by atoms with Crippen LogP contribution < -0.4 is 5.32 Å². The summed E-state index contributed by atoms with van der Waals surface area (Å²) < 4.78 is 18.5. The molecule has 1 atom stereocenters. The van der Waals surface area contributed by atoms with Gasteiger partial charge < -0.3 is 15.2 Å². The fourth-order valence-corrected chi connectivity index (χ4v) is 1.30. The SMILES string of the molecule is Cc1ccc(NCC(O)COC(C)C)cc1F. The van der Waals surface area contributed by atoms with Gasteiger partial charge in [-0.05, 0) is 38.5 Å². The number of rotatable bonds is 6. The van der Waals surface area contributed by atoms with Crippen LogP contribution in [-0.4, -0.2) is 30.5 Å². The van der Waals surface area contributed by atoms with Crippen molar-refractivity contribution in [2.75, 3.05) is 18.5 Å². The van der Waals surface area contributed by atoms with Crippen molar-refractivity contribution in [1.29, 1.82) is 0 Å². The van der Waals surface area contributed by atoms with E-state index in [0.717, 1.165) is 0 Å². The van der Waals surface area contributed by atoms with Crippen LogP contribution >= 0.6 is 0 Å². The molecule has 3 nitrogen and oxygen atoms in total. The van der Waals surface area contributed by atoms with E-state index in [1.165, 1.54) is 6.07 Å². The molecule has 0 radical (unpaired) electrons. The number of anilines is 1. The van der Waals surface area contributed by atoms with Crippen molar-refractivity contribution in [3.05, 3.63) is 29.6 Å². The zero-order valence-electron chi connectivity index (χ0n) is 10.5. The summed E-state index contributed by atoms with van der Waals surface area (Å²) in [6.07, 6.45) is -0.497. The first-order chi connectivity index (χ1) is 7.99. The zero-order valence-corrected chi connectivity index (χ0v) is 10.5. The highest BCUT2D eigenvalue weighted by Gasteiger charge is 2.06. The molecule has 17 heavy (non-hydrogen) atoms. The number of aliphatic hydroxyl groups is 1. The number of ether oxygens (including phenoxy) is 1. The molecule has 0 heterocycles. The smallest absolute Gasteiger partial charge is 0.128 e. The summed E-state index contributed by atoms with van der Waals surface area (Å²) in [5.41, 5.74) is 1.27. The first-order valence-corrected chi connectivity index (χ1v) is 5.78. The monoisotopic (exact) mass is 241 g/mol. The predicted octanol–water partition coefficient (Wildman–Crippen LogP) is 2.33. The van der Waals surface area contributed by atoms with E-state index in [9.17, 15) is 9.50 Å². The summed E-state index contributed by atoms with van der Waals surface area (Å²) in [6, 6.07) is 4.91. The fraction of sp³-hybridized carbons (Fsp3) is 0.538. The van der Waals surface area contributed by atoms with Crippen molar-refractivity contribution in [2.24, 2.45) is 0 Å². The molecule has 0 amide bonds. The molecule has 0 saturated heterocycles. The van der Waals surface area contributed by atoms with Crippen LogP contribution in [0.3, 0.4) is 0 Å². The Kier molecular flexibility index (Phi) is 5.38. The van der Waals surface area contributed by atoms with E-state index in [-0.39, 0.29) is 18.5 Å². The average Bonchev–Trinajstić information content (AvgIpc) is 2.28. The van der Waals surface area contributed by atoms with Crippen molar-refractivity contribution in [3.8, 4) is 0 Å². The van der Waals surface area contributed by atoms with E-state index in [1.807, 2.05) is 13.8 Å². The Morgan fingerprint density at radius 2 is 2.12 bits per heavy atom. The van der Waals surface area contributed by atoms with E-state index >= 15 is 0 Å². The van der Waals surface area contributed by atoms with Crippen LogP contribution in [0.1, 0.15) is 19.4 Å². The Morgan fingerprint density at radius 1 is 1.41 bits per heavy atom. The van der Waals surface area contributed by atoms with Crippen molar-refractivity contribution in [1.82, 2.24) is 0 Å². The highest BCUT2D eigenvalue weighted by Crippen LogP contribution is 2.13. The van der Waals surface area contributed by atoms with Gasteiger partial charge in [-0.3, -0.25) is 0 Å². The fourth-order valence-electron chi connectivity index (χ4n) is 1.30. The van der Waals surface area contributed by atoms with E-state index in [4.69, 9.17) is 4.74 Å². The predicted molar refractivity (Wildman–Crippen MR) is 66.7 cm³/mol. The summed E-state index contributed by atoms with van der Waals surface area (Å²) in [5, 5.41) is 12.6. The quantitative estimate of drug-likeness (QED) is 0.803. The van der Waals surface area contributed by atoms with Gasteiger partial charge in [0, 0.05) is 12.2 Å². The summed E-state index contributed by atoms with van der Waals surface area (Å²) in [4.78, 5) is 0. The van der Waals surface area contributed by atoms with Gasteiger partial charge in [-0.1, -0.05) is 6.07 Å². The largest absolute Gasteiger partial charge is 0.389 e. The third-order valence-electron chi connectivity index (χ3n) is 2.34. The minimum absolute atomic E-state index is 0.0986. The number of halogens is 1. The Labute approximate surface area is 102 Å². The van der Waals surface area contributed by atoms with Gasteiger partial charge in [-0.2, -0.15) is 0 Å².